The molecule has 0 unspecified atom stereocenters. The second-order valence-electron chi connectivity index (χ2n) is 8.39. The van der Waals surface area contributed by atoms with Crippen molar-refractivity contribution < 1.29 is 8.91 Å². The van der Waals surface area contributed by atoms with Crippen molar-refractivity contribution in [1.29, 1.82) is 0 Å². The number of benzene rings is 1. The van der Waals surface area contributed by atoms with Gasteiger partial charge in [0, 0.05) is 24.0 Å². The van der Waals surface area contributed by atoms with Crippen LogP contribution in [0.3, 0.4) is 0 Å². The minimum absolute atomic E-state index is 0.136. The van der Waals surface area contributed by atoms with Gasteiger partial charge in [-0.1, -0.05) is 12.1 Å². The van der Waals surface area contributed by atoms with Gasteiger partial charge in [0.25, 0.3) is 5.89 Å². The van der Waals surface area contributed by atoms with E-state index in [1.54, 1.807) is 13.0 Å². The Morgan fingerprint density at radius 2 is 2.10 bits per heavy atom. The van der Waals surface area contributed by atoms with Crippen LogP contribution in [0, 0.1) is 19.7 Å². The summed E-state index contributed by atoms with van der Waals surface area (Å²) in [6.45, 7) is 8.62. The first-order valence-electron chi connectivity index (χ1n) is 10.4. The number of hydrogen-bond donors (Lipinski definition) is 1. The molecular formula is C22H26FN5O. The SMILES string of the molecule is CCc1cc(F)c2nc(N3CC[C@@]4(CCCN4)C3)c(-c3nc(C)no3)c(C)c2c1. The lowest BCUT2D eigenvalue weighted by molar-refractivity contribution is 0.418. The maximum atomic E-state index is 15.0. The zero-order valence-corrected chi connectivity index (χ0v) is 17.2. The van der Waals surface area contributed by atoms with Crippen LogP contribution in [0.25, 0.3) is 22.4 Å². The molecule has 2 aromatic heterocycles. The van der Waals surface area contributed by atoms with Crippen LogP contribution in [-0.4, -0.2) is 40.3 Å². The smallest absolute Gasteiger partial charge is 0.261 e. The maximum Gasteiger partial charge on any atom is 0.261 e. The summed E-state index contributed by atoms with van der Waals surface area (Å²) in [5, 5.41) is 8.47. The molecule has 5 rings (SSSR count). The third-order valence-corrected chi connectivity index (χ3v) is 6.48. The average Bonchev–Trinajstić information content (AvgIpc) is 3.45. The van der Waals surface area contributed by atoms with Gasteiger partial charge in [0.1, 0.15) is 17.2 Å². The molecule has 2 saturated heterocycles. The molecule has 0 bridgehead atoms. The van der Waals surface area contributed by atoms with Gasteiger partial charge in [0.15, 0.2) is 5.82 Å². The zero-order chi connectivity index (χ0) is 20.2. The predicted molar refractivity (Wildman–Crippen MR) is 111 cm³/mol. The molecule has 1 spiro atoms. The molecule has 0 radical (unpaired) electrons. The Bertz CT molecular complexity index is 1090. The fourth-order valence-electron chi connectivity index (χ4n) is 4.88. The lowest BCUT2D eigenvalue weighted by Crippen LogP contribution is -2.42. The van der Waals surface area contributed by atoms with E-state index in [1.807, 2.05) is 19.9 Å². The molecule has 1 atom stereocenters. The fraction of sp³-hybridized carbons (Fsp3) is 0.500. The molecule has 0 aliphatic carbocycles. The number of anilines is 1. The van der Waals surface area contributed by atoms with Crippen LogP contribution in [0.1, 0.15) is 43.1 Å². The number of pyridine rings is 1. The van der Waals surface area contributed by atoms with Crippen molar-refractivity contribution in [2.75, 3.05) is 24.5 Å². The van der Waals surface area contributed by atoms with Gasteiger partial charge in [-0.3, -0.25) is 0 Å². The first-order valence-corrected chi connectivity index (χ1v) is 10.4. The molecule has 0 amide bonds. The van der Waals surface area contributed by atoms with Crippen LogP contribution in [0.15, 0.2) is 16.7 Å². The maximum absolute atomic E-state index is 15.0. The summed E-state index contributed by atoms with van der Waals surface area (Å²) in [4.78, 5) is 11.6. The Hall–Kier alpha value is -2.54. The van der Waals surface area contributed by atoms with E-state index in [0.717, 1.165) is 60.4 Å². The summed E-state index contributed by atoms with van der Waals surface area (Å²) < 4.78 is 20.5. The highest BCUT2D eigenvalue weighted by Gasteiger charge is 2.41. The van der Waals surface area contributed by atoms with Crippen LogP contribution in [0.5, 0.6) is 0 Å². The number of aromatic nitrogens is 3. The molecule has 4 heterocycles. The van der Waals surface area contributed by atoms with Crippen molar-refractivity contribution in [3.05, 3.63) is 34.9 Å². The molecule has 0 saturated carbocycles. The van der Waals surface area contributed by atoms with Gasteiger partial charge >= 0.3 is 0 Å². The summed E-state index contributed by atoms with van der Waals surface area (Å²) in [5.74, 6) is 1.50. The summed E-state index contributed by atoms with van der Waals surface area (Å²) in [5.41, 5.74) is 3.26. The van der Waals surface area contributed by atoms with E-state index < -0.39 is 0 Å². The fourth-order valence-corrected chi connectivity index (χ4v) is 4.88. The molecule has 2 fully saturated rings. The predicted octanol–water partition coefficient (Wildman–Crippen LogP) is 3.94. The van der Waals surface area contributed by atoms with Gasteiger partial charge in [0.05, 0.1) is 5.56 Å². The first-order chi connectivity index (χ1) is 14.0. The van der Waals surface area contributed by atoms with Gasteiger partial charge in [-0.05, 0) is 69.3 Å². The van der Waals surface area contributed by atoms with E-state index in [0.29, 0.717) is 17.2 Å². The van der Waals surface area contributed by atoms with Crippen LogP contribution >= 0.6 is 0 Å². The molecule has 6 nitrogen and oxygen atoms in total. The Morgan fingerprint density at radius 3 is 2.79 bits per heavy atom. The number of aryl methyl sites for hydroxylation is 3. The Kier molecular flexibility index (Phi) is 4.31. The van der Waals surface area contributed by atoms with Gasteiger partial charge in [-0.15, -0.1) is 0 Å². The molecule has 29 heavy (non-hydrogen) atoms. The normalized spacial score (nSPS) is 21.7. The largest absolute Gasteiger partial charge is 0.354 e. The minimum atomic E-state index is -0.273. The Balaban J connectivity index is 1.72. The molecular weight excluding hydrogens is 369 g/mol. The lowest BCUT2D eigenvalue weighted by atomic mass is 9.97. The second-order valence-corrected chi connectivity index (χ2v) is 8.39. The number of nitrogens with one attached hydrogen (secondary N) is 1. The summed E-state index contributed by atoms with van der Waals surface area (Å²) >= 11 is 0. The van der Waals surface area contributed by atoms with Crippen molar-refractivity contribution in [3.63, 3.8) is 0 Å². The molecule has 2 aliphatic heterocycles. The lowest BCUT2D eigenvalue weighted by Gasteiger charge is -2.26. The first kappa shape index (κ1) is 18.5. The monoisotopic (exact) mass is 395 g/mol. The molecule has 152 valence electrons. The summed E-state index contributed by atoms with van der Waals surface area (Å²) in [7, 11) is 0. The van der Waals surface area contributed by atoms with Crippen LogP contribution in [0.4, 0.5) is 10.2 Å². The van der Waals surface area contributed by atoms with Crippen molar-refractivity contribution >= 4 is 16.7 Å². The second kappa shape index (κ2) is 6.76. The summed E-state index contributed by atoms with van der Waals surface area (Å²) in [6, 6.07) is 3.63. The highest BCUT2D eigenvalue weighted by Crippen LogP contribution is 2.40. The van der Waals surface area contributed by atoms with Crippen LogP contribution < -0.4 is 10.2 Å². The standard InChI is InChI=1S/C22H26FN5O/c1-4-15-10-16-13(2)18(21-25-14(3)27-29-21)20(26-19(16)17(23)11-15)28-9-7-22(12-28)6-5-8-24-22/h10-11,24H,4-9,12H2,1-3H3/t22-/m0/s1. The van der Waals surface area contributed by atoms with E-state index in [-0.39, 0.29) is 11.4 Å². The van der Waals surface area contributed by atoms with Gasteiger partial charge in [-0.25, -0.2) is 9.37 Å². The molecule has 3 aromatic rings. The van der Waals surface area contributed by atoms with E-state index in [1.165, 1.54) is 12.8 Å². The third kappa shape index (κ3) is 2.99. The topological polar surface area (TPSA) is 67.1 Å². The number of fused-ring (bicyclic) bond motifs is 1. The van der Waals surface area contributed by atoms with Gasteiger partial charge < -0.3 is 14.7 Å². The van der Waals surface area contributed by atoms with Crippen LogP contribution in [0.2, 0.25) is 0 Å². The number of rotatable bonds is 3. The Labute approximate surface area is 169 Å². The highest BCUT2D eigenvalue weighted by molar-refractivity contribution is 5.93. The Morgan fingerprint density at radius 1 is 1.24 bits per heavy atom. The molecule has 1 aromatic carbocycles. The van der Waals surface area contributed by atoms with Gasteiger partial charge in [-0.2, -0.15) is 4.98 Å². The summed E-state index contributed by atoms with van der Waals surface area (Å²) in [6.07, 6.45) is 4.19. The molecule has 2 aliphatic rings. The third-order valence-electron chi connectivity index (χ3n) is 6.48. The van der Waals surface area contributed by atoms with Gasteiger partial charge in [0.2, 0.25) is 0 Å². The van der Waals surface area contributed by atoms with Crippen LogP contribution in [-0.2, 0) is 6.42 Å². The van der Waals surface area contributed by atoms with Crippen molar-refractivity contribution in [1.82, 2.24) is 20.4 Å². The van der Waals surface area contributed by atoms with Crippen molar-refractivity contribution in [3.8, 4) is 11.5 Å². The molecule has 7 heteroatoms. The van der Waals surface area contributed by atoms with E-state index in [2.05, 4.69) is 20.4 Å². The van der Waals surface area contributed by atoms with E-state index >= 15 is 0 Å². The van der Waals surface area contributed by atoms with E-state index in [9.17, 15) is 4.39 Å². The zero-order valence-electron chi connectivity index (χ0n) is 17.2. The molecule has 1 N–H and O–H groups in total. The van der Waals surface area contributed by atoms with Crippen molar-refractivity contribution in [2.45, 2.75) is 52.0 Å². The average molecular weight is 395 g/mol. The van der Waals surface area contributed by atoms with E-state index in [4.69, 9.17) is 9.51 Å². The quantitative estimate of drug-likeness (QED) is 0.725. The van der Waals surface area contributed by atoms with Crippen molar-refractivity contribution in [2.24, 2.45) is 0 Å². The minimum Gasteiger partial charge on any atom is -0.354 e. The number of hydrogen-bond acceptors (Lipinski definition) is 6. The number of nitrogens with zero attached hydrogens (tertiary/aromatic N) is 4. The highest BCUT2D eigenvalue weighted by atomic mass is 19.1. The number of halogens is 1.